The summed E-state index contributed by atoms with van der Waals surface area (Å²) in [7, 11) is 1.90. The second-order valence-corrected chi connectivity index (χ2v) is 6.80. The molecule has 4 rings (SSSR count). The minimum atomic E-state index is -0.351. The second-order valence-electron chi connectivity index (χ2n) is 6.80. The Bertz CT molecular complexity index is 735. The minimum Gasteiger partial charge on any atom is -0.461 e. The Labute approximate surface area is 141 Å². The molecule has 0 atom stereocenters. The third kappa shape index (κ3) is 2.82. The van der Waals surface area contributed by atoms with Crippen LogP contribution in [0, 0.1) is 5.92 Å². The lowest BCUT2D eigenvalue weighted by Crippen LogP contribution is -2.36. The molecule has 1 saturated heterocycles. The summed E-state index contributed by atoms with van der Waals surface area (Å²) in [4.78, 5) is 12.4. The SMILES string of the molecule is Cn1c(C(=O)OCC2CCC3(CC2)OCCO3)cc2ccccc21. The van der Waals surface area contributed by atoms with E-state index in [4.69, 9.17) is 14.2 Å². The Kier molecular flexibility index (Phi) is 4.06. The molecule has 1 saturated carbocycles. The number of carbonyl (C=O) groups excluding carboxylic acids is 1. The van der Waals surface area contributed by atoms with Gasteiger partial charge in [0.05, 0.1) is 19.8 Å². The van der Waals surface area contributed by atoms with E-state index in [9.17, 15) is 4.79 Å². The van der Waals surface area contributed by atoms with E-state index in [2.05, 4.69) is 0 Å². The lowest BCUT2D eigenvalue weighted by molar-refractivity contribution is -0.183. The molecule has 1 aromatic carbocycles. The quantitative estimate of drug-likeness (QED) is 0.811. The number of hydrogen-bond donors (Lipinski definition) is 0. The maximum absolute atomic E-state index is 12.4. The Morgan fingerprint density at radius 3 is 2.67 bits per heavy atom. The number of ether oxygens (including phenoxy) is 3. The van der Waals surface area contributed by atoms with Crippen LogP contribution in [0.4, 0.5) is 0 Å². The molecule has 0 N–H and O–H groups in total. The van der Waals surface area contributed by atoms with Crippen molar-refractivity contribution in [2.45, 2.75) is 31.5 Å². The number of aromatic nitrogens is 1. The molecule has 1 aromatic heterocycles. The summed E-state index contributed by atoms with van der Waals surface area (Å²) in [6, 6.07) is 9.86. The van der Waals surface area contributed by atoms with E-state index in [-0.39, 0.29) is 11.8 Å². The highest BCUT2D eigenvalue weighted by Crippen LogP contribution is 2.38. The molecular formula is C19H23NO4. The highest BCUT2D eigenvalue weighted by molar-refractivity contribution is 5.95. The number of rotatable bonds is 3. The van der Waals surface area contributed by atoms with Crippen LogP contribution in [0.1, 0.15) is 36.2 Å². The van der Waals surface area contributed by atoms with Gasteiger partial charge in [0.2, 0.25) is 0 Å². The van der Waals surface area contributed by atoms with Gasteiger partial charge < -0.3 is 18.8 Å². The highest BCUT2D eigenvalue weighted by atomic mass is 16.7. The van der Waals surface area contributed by atoms with Crippen molar-refractivity contribution in [3.63, 3.8) is 0 Å². The number of aryl methyl sites for hydroxylation is 1. The van der Waals surface area contributed by atoms with Gasteiger partial charge in [0.15, 0.2) is 5.79 Å². The van der Waals surface area contributed by atoms with Gasteiger partial charge in [-0.1, -0.05) is 18.2 Å². The van der Waals surface area contributed by atoms with Crippen molar-refractivity contribution in [3.05, 3.63) is 36.0 Å². The first-order chi connectivity index (χ1) is 11.7. The van der Waals surface area contributed by atoms with Crippen LogP contribution in [0.25, 0.3) is 10.9 Å². The predicted molar refractivity (Wildman–Crippen MR) is 89.8 cm³/mol. The molecule has 2 fully saturated rings. The molecule has 1 aliphatic heterocycles. The van der Waals surface area contributed by atoms with Gasteiger partial charge in [0, 0.05) is 30.8 Å². The predicted octanol–water partition coefficient (Wildman–Crippen LogP) is 3.27. The van der Waals surface area contributed by atoms with Gasteiger partial charge in [0.1, 0.15) is 5.69 Å². The van der Waals surface area contributed by atoms with Crippen LogP contribution in [-0.2, 0) is 21.3 Å². The second kappa shape index (κ2) is 6.22. The smallest absolute Gasteiger partial charge is 0.354 e. The van der Waals surface area contributed by atoms with E-state index in [1.54, 1.807) is 0 Å². The van der Waals surface area contributed by atoms with Crippen LogP contribution in [0.3, 0.4) is 0 Å². The first kappa shape index (κ1) is 15.7. The molecule has 1 aliphatic carbocycles. The normalized spacial score (nSPS) is 20.7. The molecule has 0 bridgehead atoms. The van der Waals surface area contributed by atoms with Gasteiger partial charge in [-0.3, -0.25) is 0 Å². The molecule has 2 aliphatic rings. The van der Waals surface area contributed by atoms with Crippen LogP contribution in [0.2, 0.25) is 0 Å². The van der Waals surface area contributed by atoms with Crippen molar-refractivity contribution in [1.29, 1.82) is 0 Å². The Morgan fingerprint density at radius 2 is 1.96 bits per heavy atom. The average molecular weight is 329 g/mol. The molecular weight excluding hydrogens is 306 g/mol. The number of fused-ring (bicyclic) bond motifs is 1. The Morgan fingerprint density at radius 1 is 1.25 bits per heavy atom. The van der Waals surface area contributed by atoms with E-state index in [1.807, 2.05) is 41.9 Å². The van der Waals surface area contributed by atoms with E-state index >= 15 is 0 Å². The molecule has 128 valence electrons. The van der Waals surface area contributed by atoms with Crippen molar-refractivity contribution in [2.75, 3.05) is 19.8 Å². The number of esters is 1. The molecule has 24 heavy (non-hydrogen) atoms. The molecule has 5 nitrogen and oxygen atoms in total. The maximum atomic E-state index is 12.4. The fourth-order valence-corrected chi connectivity index (χ4v) is 3.82. The third-order valence-corrected chi connectivity index (χ3v) is 5.29. The summed E-state index contributed by atoms with van der Waals surface area (Å²) >= 11 is 0. The summed E-state index contributed by atoms with van der Waals surface area (Å²) in [5.74, 6) is -0.208. The Balaban J connectivity index is 1.35. The summed E-state index contributed by atoms with van der Waals surface area (Å²) in [6.07, 6.45) is 3.73. The largest absolute Gasteiger partial charge is 0.461 e. The van der Waals surface area contributed by atoms with Crippen LogP contribution < -0.4 is 0 Å². The van der Waals surface area contributed by atoms with Crippen molar-refractivity contribution in [3.8, 4) is 0 Å². The Hall–Kier alpha value is -1.85. The summed E-state index contributed by atoms with van der Waals surface area (Å²) in [5, 5.41) is 1.06. The van der Waals surface area contributed by atoms with Gasteiger partial charge in [-0.25, -0.2) is 4.79 Å². The number of benzene rings is 1. The minimum absolute atomic E-state index is 0.248. The first-order valence-corrected chi connectivity index (χ1v) is 8.66. The molecule has 0 unspecified atom stereocenters. The summed E-state index contributed by atoms with van der Waals surface area (Å²) < 4.78 is 19.0. The van der Waals surface area contributed by atoms with Crippen LogP contribution in [0.5, 0.6) is 0 Å². The number of nitrogens with zero attached hydrogens (tertiary/aromatic N) is 1. The fraction of sp³-hybridized carbons (Fsp3) is 0.526. The standard InChI is InChI=1S/C19H23NO4/c1-20-16-5-3-2-4-15(16)12-17(20)18(21)22-13-14-6-8-19(9-7-14)23-10-11-24-19/h2-5,12,14H,6-11,13H2,1H3. The molecule has 2 heterocycles. The van der Waals surface area contributed by atoms with Crippen LogP contribution >= 0.6 is 0 Å². The van der Waals surface area contributed by atoms with Gasteiger partial charge >= 0.3 is 5.97 Å². The summed E-state index contributed by atoms with van der Waals surface area (Å²) in [5.41, 5.74) is 1.64. The zero-order valence-corrected chi connectivity index (χ0v) is 14.0. The van der Waals surface area contributed by atoms with Gasteiger partial charge in [-0.15, -0.1) is 0 Å². The molecule has 0 radical (unpaired) electrons. The maximum Gasteiger partial charge on any atom is 0.354 e. The monoisotopic (exact) mass is 329 g/mol. The molecule has 5 heteroatoms. The van der Waals surface area contributed by atoms with E-state index in [0.717, 1.165) is 36.6 Å². The molecule has 0 amide bonds. The van der Waals surface area contributed by atoms with Crippen molar-refractivity contribution < 1.29 is 19.0 Å². The molecule has 2 aromatic rings. The van der Waals surface area contributed by atoms with E-state index in [0.29, 0.717) is 31.4 Å². The zero-order chi connectivity index (χ0) is 16.6. The van der Waals surface area contributed by atoms with Gasteiger partial charge in [-0.2, -0.15) is 0 Å². The van der Waals surface area contributed by atoms with Gasteiger partial charge in [-0.05, 0) is 30.9 Å². The number of hydrogen-bond acceptors (Lipinski definition) is 4. The van der Waals surface area contributed by atoms with Crippen molar-refractivity contribution in [1.82, 2.24) is 4.57 Å². The van der Waals surface area contributed by atoms with Crippen molar-refractivity contribution >= 4 is 16.9 Å². The average Bonchev–Trinajstić information content (AvgIpc) is 3.20. The number of para-hydroxylation sites is 1. The first-order valence-electron chi connectivity index (χ1n) is 8.66. The van der Waals surface area contributed by atoms with Crippen LogP contribution in [0.15, 0.2) is 30.3 Å². The zero-order valence-electron chi connectivity index (χ0n) is 14.0. The van der Waals surface area contributed by atoms with Crippen molar-refractivity contribution in [2.24, 2.45) is 13.0 Å². The van der Waals surface area contributed by atoms with E-state index < -0.39 is 0 Å². The highest BCUT2D eigenvalue weighted by Gasteiger charge is 2.40. The third-order valence-electron chi connectivity index (χ3n) is 5.29. The number of carbonyl (C=O) groups is 1. The van der Waals surface area contributed by atoms with Crippen LogP contribution in [-0.4, -0.2) is 36.1 Å². The topological polar surface area (TPSA) is 49.7 Å². The molecule has 1 spiro atoms. The van der Waals surface area contributed by atoms with Gasteiger partial charge in [0.25, 0.3) is 0 Å². The van der Waals surface area contributed by atoms with E-state index in [1.165, 1.54) is 0 Å². The fourth-order valence-electron chi connectivity index (χ4n) is 3.82. The lowest BCUT2D eigenvalue weighted by Gasteiger charge is -2.35. The lowest BCUT2D eigenvalue weighted by atomic mass is 9.85. The summed E-state index contributed by atoms with van der Waals surface area (Å²) in [6.45, 7) is 1.86.